The summed E-state index contributed by atoms with van der Waals surface area (Å²) in [6.45, 7) is 2.32. The van der Waals surface area contributed by atoms with Gasteiger partial charge >= 0.3 is 0 Å². The quantitative estimate of drug-likeness (QED) is 0.864. The smallest absolute Gasteiger partial charge is 0.290 e. The summed E-state index contributed by atoms with van der Waals surface area (Å²) in [5.41, 5.74) is 5.79. The van der Waals surface area contributed by atoms with Gasteiger partial charge < -0.3 is 15.5 Å². The van der Waals surface area contributed by atoms with E-state index in [9.17, 15) is 9.59 Å². The molecule has 3 N–H and O–H groups in total. The molecule has 2 heterocycles. The van der Waals surface area contributed by atoms with Crippen LogP contribution in [0.4, 0.5) is 5.69 Å². The van der Waals surface area contributed by atoms with Crippen LogP contribution in [0.2, 0.25) is 0 Å². The molecule has 1 aliphatic rings. The van der Waals surface area contributed by atoms with Gasteiger partial charge in [0.05, 0.1) is 0 Å². The third kappa shape index (κ3) is 4.29. The van der Waals surface area contributed by atoms with Crippen molar-refractivity contribution < 1.29 is 9.21 Å². The third-order valence-corrected chi connectivity index (χ3v) is 4.60. The van der Waals surface area contributed by atoms with Crippen LogP contribution in [0.15, 0.2) is 27.4 Å². The van der Waals surface area contributed by atoms with Crippen LogP contribution in [0.25, 0.3) is 11.5 Å². The Morgan fingerprint density at radius 1 is 1.36 bits per heavy atom. The molecule has 0 radical (unpaired) electrons. The minimum atomic E-state index is -0.472. The number of aryl methyl sites for hydroxylation is 1. The number of nitrogens with zero attached hydrogens (tertiary/aromatic N) is 2. The summed E-state index contributed by atoms with van der Waals surface area (Å²) >= 11 is 0. The van der Waals surface area contributed by atoms with Gasteiger partial charge in [-0.25, -0.2) is 4.68 Å². The third-order valence-electron chi connectivity index (χ3n) is 4.60. The Hall–Kier alpha value is -2.57. The normalized spacial score (nSPS) is 15.2. The predicted octanol–water partition coefficient (Wildman–Crippen LogP) is 2.09. The number of carbonyl (C=O) groups excluding carboxylic acids is 1. The largest absolute Gasteiger partial charge is 0.460 e. The fourth-order valence-electron chi connectivity index (χ4n) is 3.20. The number of nitrogens with one attached hydrogen (secondary N) is 1. The van der Waals surface area contributed by atoms with Crippen LogP contribution >= 0.6 is 0 Å². The molecule has 2 aromatic heterocycles. The first-order valence-corrected chi connectivity index (χ1v) is 8.74. The average Bonchev–Trinajstić information content (AvgIpc) is 3.04. The molecular weight excluding hydrogens is 320 g/mol. The molecule has 0 atom stereocenters. The van der Waals surface area contributed by atoms with Crippen molar-refractivity contribution in [2.45, 2.75) is 45.6 Å². The van der Waals surface area contributed by atoms with Crippen molar-refractivity contribution in [3.05, 3.63) is 34.3 Å². The van der Waals surface area contributed by atoms with E-state index < -0.39 is 5.56 Å². The minimum Gasteiger partial charge on any atom is -0.460 e. The van der Waals surface area contributed by atoms with E-state index >= 15 is 0 Å². The van der Waals surface area contributed by atoms with Crippen LogP contribution in [-0.4, -0.2) is 22.2 Å². The molecule has 0 aromatic carbocycles. The van der Waals surface area contributed by atoms with Gasteiger partial charge in [0.25, 0.3) is 5.56 Å². The van der Waals surface area contributed by atoms with Gasteiger partial charge in [0.1, 0.15) is 23.7 Å². The molecule has 25 heavy (non-hydrogen) atoms. The summed E-state index contributed by atoms with van der Waals surface area (Å²) in [5.74, 6) is 1.55. The first kappa shape index (κ1) is 17.3. The highest BCUT2D eigenvalue weighted by molar-refractivity contribution is 5.75. The lowest BCUT2D eigenvalue weighted by Gasteiger charge is -2.21. The summed E-state index contributed by atoms with van der Waals surface area (Å²) in [4.78, 5) is 24.4. The SMILES string of the molecule is Cc1ccc(-c2cc(N)c(=O)n(CC(=O)NCC3CCCCC3)n2)o1. The number of carbonyl (C=O) groups is 1. The lowest BCUT2D eigenvalue weighted by molar-refractivity contribution is -0.122. The topological polar surface area (TPSA) is 103 Å². The lowest BCUT2D eigenvalue weighted by Crippen LogP contribution is -2.37. The van der Waals surface area contributed by atoms with Crippen molar-refractivity contribution in [1.29, 1.82) is 0 Å². The molecule has 2 aromatic rings. The monoisotopic (exact) mass is 344 g/mol. The van der Waals surface area contributed by atoms with Gasteiger partial charge in [-0.3, -0.25) is 9.59 Å². The zero-order chi connectivity index (χ0) is 17.8. The van der Waals surface area contributed by atoms with Gasteiger partial charge in [-0.05, 0) is 43.9 Å². The number of rotatable bonds is 5. The highest BCUT2D eigenvalue weighted by Crippen LogP contribution is 2.23. The maximum Gasteiger partial charge on any atom is 0.290 e. The number of aromatic nitrogens is 2. The Morgan fingerprint density at radius 2 is 2.12 bits per heavy atom. The number of hydrogen-bond acceptors (Lipinski definition) is 5. The van der Waals surface area contributed by atoms with Crippen LogP contribution in [-0.2, 0) is 11.3 Å². The maximum atomic E-state index is 12.2. The van der Waals surface area contributed by atoms with Crippen molar-refractivity contribution >= 4 is 11.6 Å². The van der Waals surface area contributed by atoms with E-state index in [0.717, 1.165) is 23.3 Å². The molecule has 0 saturated heterocycles. The van der Waals surface area contributed by atoms with Crippen LogP contribution in [0.5, 0.6) is 0 Å². The zero-order valence-corrected chi connectivity index (χ0v) is 14.5. The highest BCUT2D eigenvalue weighted by atomic mass is 16.3. The Labute approximate surface area is 146 Å². The van der Waals surface area contributed by atoms with Crippen LogP contribution in [0.3, 0.4) is 0 Å². The number of furan rings is 1. The van der Waals surface area contributed by atoms with Gasteiger partial charge in [0.15, 0.2) is 5.76 Å². The lowest BCUT2D eigenvalue weighted by atomic mass is 9.89. The molecule has 1 fully saturated rings. The standard InChI is InChI=1S/C18H24N4O3/c1-12-7-8-16(25-12)15-9-14(19)18(24)22(21-15)11-17(23)20-10-13-5-3-2-4-6-13/h7-9,13H,2-6,10-11,19H2,1H3,(H,20,23). The van der Waals surface area contributed by atoms with Crippen molar-refractivity contribution in [2.75, 3.05) is 12.3 Å². The van der Waals surface area contributed by atoms with E-state index in [2.05, 4.69) is 10.4 Å². The molecule has 1 saturated carbocycles. The Morgan fingerprint density at radius 3 is 2.80 bits per heavy atom. The van der Waals surface area contributed by atoms with Gasteiger partial charge in [0.2, 0.25) is 5.91 Å². The second-order valence-corrected chi connectivity index (χ2v) is 6.67. The number of anilines is 1. The summed E-state index contributed by atoms with van der Waals surface area (Å²) in [6, 6.07) is 5.03. The van der Waals surface area contributed by atoms with Crippen molar-refractivity contribution in [2.24, 2.45) is 5.92 Å². The van der Waals surface area contributed by atoms with E-state index in [1.165, 1.54) is 25.3 Å². The van der Waals surface area contributed by atoms with Gasteiger partial charge in [-0.2, -0.15) is 5.10 Å². The molecule has 0 bridgehead atoms. The Bertz CT molecular complexity index is 803. The van der Waals surface area contributed by atoms with Gasteiger partial charge in [0, 0.05) is 6.54 Å². The minimum absolute atomic E-state index is 0.0409. The molecule has 3 rings (SSSR count). The molecule has 134 valence electrons. The van der Waals surface area contributed by atoms with Crippen LogP contribution in [0.1, 0.15) is 37.9 Å². The van der Waals surface area contributed by atoms with Gasteiger partial charge in [-0.1, -0.05) is 19.3 Å². The van der Waals surface area contributed by atoms with Crippen LogP contribution in [0, 0.1) is 12.8 Å². The molecule has 0 spiro atoms. The first-order chi connectivity index (χ1) is 12.0. The fraction of sp³-hybridized carbons (Fsp3) is 0.500. The average molecular weight is 344 g/mol. The van der Waals surface area contributed by atoms with Crippen LogP contribution < -0.4 is 16.6 Å². The Balaban J connectivity index is 1.69. The summed E-state index contributed by atoms with van der Waals surface area (Å²) in [6.07, 6.45) is 6.03. The number of nitrogens with two attached hydrogens (primary N) is 1. The second-order valence-electron chi connectivity index (χ2n) is 6.67. The van der Waals surface area contributed by atoms with E-state index in [4.69, 9.17) is 10.2 Å². The molecule has 1 amide bonds. The van der Waals surface area contributed by atoms with E-state index in [-0.39, 0.29) is 18.1 Å². The maximum absolute atomic E-state index is 12.2. The molecule has 1 aliphatic carbocycles. The number of nitrogen functional groups attached to an aromatic ring is 1. The van der Waals surface area contributed by atoms with E-state index in [0.29, 0.717) is 23.9 Å². The number of hydrogen-bond donors (Lipinski definition) is 2. The molecule has 0 unspecified atom stereocenters. The second kappa shape index (κ2) is 7.55. The highest BCUT2D eigenvalue weighted by Gasteiger charge is 2.16. The van der Waals surface area contributed by atoms with Crippen molar-refractivity contribution in [3.8, 4) is 11.5 Å². The molecular formula is C18H24N4O3. The van der Waals surface area contributed by atoms with E-state index in [1.54, 1.807) is 12.1 Å². The Kier molecular flexibility index (Phi) is 5.21. The predicted molar refractivity (Wildman–Crippen MR) is 94.9 cm³/mol. The summed E-state index contributed by atoms with van der Waals surface area (Å²) < 4.78 is 6.61. The zero-order valence-electron chi connectivity index (χ0n) is 14.5. The summed E-state index contributed by atoms with van der Waals surface area (Å²) in [7, 11) is 0. The first-order valence-electron chi connectivity index (χ1n) is 8.74. The number of amides is 1. The van der Waals surface area contributed by atoms with E-state index in [1.807, 2.05) is 6.92 Å². The fourth-order valence-corrected chi connectivity index (χ4v) is 3.20. The van der Waals surface area contributed by atoms with Gasteiger partial charge in [-0.15, -0.1) is 0 Å². The molecule has 0 aliphatic heterocycles. The molecule has 7 nitrogen and oxygen atoms in total. The summed E-state index contributed by atoms with van der Waals surface area (Å²) in [5, 5.41) is 7.13. The van der Waals surface area contributed by atoms with Crippen molar-refractivity contribution in [1.82, 2.24) is 15.1 Å². The molecule has 7 heteroatoms. The van der Waals surface area contributed by atoms with Crippen molar-refractivity contribution in [3.63, 3.8) is 0 Å².